The lowest BCUT2D eigenvalue weighted by atomic mass is 9.88. The molecule has 0 spiro atoms. The molecule has 0 amide bonds. The number of hydrogen-bond donors (Lipinski definition) is 1. The van der Waals surface area contributed by atoms with Crippen LogP contribution in [0.15, 0.2) is 54.6 Å². The Morgan fingerprint density at radius 3 is 2.50 bits per heavy atom. The first-order chi connectivity index (χ1) is 10.8. The second-order valence-electron chi connectivity index (χ2n) is 6.19. The Morgan fingerprint density at radius 2 is 1.82 bits per heavy atom. The van der Waals surface area contributed by atoms with E-state index in [2.05, 4.69) is 48.6 Å². The fourth-order valence-corrected chi connectivity index (χ4v) is 3.15. The Kier molecular flexibility index (Phi) is 5.12. The zero-order valence-electron chi connectivity index (χ0n) is 13.3. The summed E-state index contributed by atoms with van der Waals surface area (Å²) < 4.78 is 5.86. The van der Waals surface area contributed by atoms with Crippen LogP contribution in [0.2, 0.25) is 0 Å². The SMILES string of the molecule is CC(c1ccc(OCc2ccccc2)cc1)C1CCCCN1. The molecule has 0 aliphatic carbocycles. The van der Waals surface area contributed by atoms with E-state index in [-0.39, 0.29) is 0 Å². The fraction of sp³-hybridized carbons (Fsp3) is 0.400. The monoisotopic (exact) mass is 295 g/mol. The molecule has 1 aliphatic heterocycles. The minimum absolute atomic E-state index is 0.559. The summed E-state index contributed by atoms with van der Waals surface area (Å²) in [6.07, 6.45) is 3.95. The average Bonchev–Trinajstić information content (AvgIpc) is 2.61. The van der Waals surface area contributed by atoms with E-state index in [1.54, 1.807) is 0 Å². The van der Waals surface area contributed by atoms with Crippen LogP contribution in [0.3, 0.4) is 0 Å². The van der Waals surface area contributed by atoms with Crippen molar-refractivity contribution in [3.8, 4) is 5.75 Å². The van der Waals surface area contributed by atoms with E-state index in [0.717, 1.165) is 12.3 Å². The van der Waals surface area contributed by atoms with Crippen molar-refractivity contribution in [1.29, 1.82) is 0 Å². The molecule has 2 aromatic rings. The van der Waals surface area contributed by atoms with Crippen LogP contribution >= 0.6 is 0 Å². The second-order valence-corrected chi connectivity index (χ2v) is 6.19. The summed E-state index contributed by atoms with van der Waals surface area (Å²) in [6.45, 7) is 4.11. The van der Waals surface area contributed by atoms with Gasteiger partial charge in [-0.2, -0.15) is 0 Å². The molecule has 1 fully saturated rings. The molecule has 2 aromatic carbocycles. The largest absolute Gasteiger partial charge is 0.489 e. The maximum absolute atomic E-state index is 5.86. The van der Waals surface area contributed by atoms with Gasteiger partial charge in [0.15, 0.2) is 0 Å². The quantitative estimate of drug-likeness (QED) is 0.876. The lowest BCUT2D eigenvalue weighted by Gasteiger charge is -2.29. The van der Waals surface area contributed by atoms with Crippen molar-refractivity contribution in [2.75, 3.05) is 6.54 Å². The normalized spacial score (nSPS) is 19.6. The molecule has 1 heterocycles. The van der Waals surface area contributed by atoms with Crippen LogP contribution in [-0.4, -0.2) is 12.6 Å². The maximum Gasteiger partial charge on any atom is 0.119 e. The summed E-state index contributed by atoms with van der Waals surface area (Å²) in [4.78, 5) is 0. The van der Waals surface area contributed by atoms with Crippen LogP contribution in [0, 0.1) is 0 Å². The standard InChI is InChI=1S/C20H25NO/c1-16(20-9-5-6-14-21-20)18-10-12-19(13-11-18)22-15-17-7-3-2-4-8-17/h2-4,7-8,10-13,16,20-21H,5-6,9,14-15H2,1H3. The molecule has 0 bridgehead atoms. The van der Waals surface area contributed by atoms with Crippen LogP contribution in [-0.2, 0) is 6.61 Å². The molecule has 2 unspecified atom stereocenters. The van der Waals surface area contributed by atoms with Crippen LogP contribution in [0.5, 0.6) is 5.75 Å². The summed E-state index contributed by atoms with van der Waals surface area (Å²) in [6, 6.07) is 19.5. The van der Waals surface area contributed by atoms with Gasteiger partial charge in [-0.3, -0.25) is 0 Å². The number of hydrogen-bond acceptors (Lipinski definition) is 2. The molecule has 22 heavy (non-hydrogen) atoms. The summed E-state index contributed by atoms with van der Waals surface area (Å²) in [5, 5.41) is 3.65. The van der Waals surface area contributed by atoms with E-state index in [1.807, 2.05) is 18.2 Å². The summed E-state index contributed by atoms with van der Waals surface area (Å²) in [5.74, 6) is 1.50. The zero-order chi connectivity index (χ0) is 15.2. The number of ether oxygens (including phenoxy) is 1. The van der Waals surface area contributed by atoms with Crippen molar-refractivity contribution < 1.29 is 4.74 Å². The van der Waals surface area contributed by atoms with Crippen molar-refractivity contribution >= 4 is 0 Å². The van der Waals surface area contributed by atoms with Gasteiger partial charge in [-0.25, -0.2) is 0 Å². The molecular formula is C20H25NO. The maximum atomic E-state index is 5.86. The number of rotatable bonds is 5. The third-order valence-corrected chi connectivity index (χ3v) is 4.61. The van der Waals surface area contributed by atoms with E-state index in [0.29, 0.717) is 18.6 Å². The predicted molar refractivity (Wildman–Crippen MR) is 91.3 cm³/mol. The lowest BCUT2D eigenvalue weighted by molar-refractivity contribution is 0.306. The highest BCUT2D eigenvalue weighted by atomic mass is 16.5. The van der Waals surface area contributed by atoms with Gasteiger partial charge in [0.1, 0.15) is 12.4 Å². The van der Waals surface area contributed by atoms with E-state index >= 15 is 0 Å². The molecule has 1 saturated heterocycles. The average molecular weight is 295 g/mol. The van der Waals surface area contributed by atoms with Crippen LogP contribution in [0.1, 0.15) is 43.2 Å². The smallest absolute Gasteiger partial charge is 0.119 e. The van der Waals surface area contributed by atoms with Gasteiger partial charge in [0.2, 0.25) is 0 Å². The number of benzene rings is 2. The van der Waals surface area contributed by atoms with Crippen LogP contribution in [0.4, 0.5) is 0 Å². The summed E-state index contributed by atoms with van der Waals surface area (Å²) in [5.41, 5.74) is 2.60. The van der Waals surface area contributed by atoms with Gasteiger partial charge in [0.25, 0.3) is 0 Å². The Morgan fingerprint density at radius 1 is 1.05 bits per heavy atom. The minimum atomic E-state index is 0.559. The predicted octanol–water partition coefficient (Wildman–Crippen LogP) is 4.51. The van der Waals surface area contributed by atoms with E-state index in [9.17, 15) is 0 Å². The van der Waals surface area contributed by atoms with E-state index in [1.165, 1.54) is 30.4 Å². The fourth-order valence-electron chi connectivity index (χ4n) is 3.15. The van der Waals surface area contributed by atoms with Gasteiger partial charge < -0.3 is 10.1 Å². The highest BCUT2D eigenvalue weighted by Gasteiger charge is 2.20. The molecule has 0 saturated carbocycles. The van der Waals surface area contributed by atoms with Crippen molar-refractivity contribution in [2.45, 2.75) is 44.8 Å². The molecule has 1 N–H and O–H groups in total. The molecule has 116 valence electrons. The highest BCUT2D eigenvalue weighted by molar-refractivity contribution is 5.30. The lowest BCUT2D eigenvalue weighted by Crippen LogP contribution is -2.37. The van der Waals surface area contributed by atoms with Gasteiger partial charge in [-0.05, 0) is 48.6 Å². The summed E-state index contributed by atoms with van der Waals surface area (Å²) >= 11 is 0. The zero-order valence-corrected chi connectivity index (χ0v) is 13.3. The van der Waals surface area contributed by atoms with Crippen LogP contribution < -0.4 is 10.1 Å². The van der Waals surface area contributed by atoms with E-state index < -0.39 is 0 Å². The Hall–Kier alpha value is -1.80. The van der Waals surface area contributed by atoms with Crippen molar-refractivity contribution in [1.82, 2.24) is 5.32 Å². The molecule has 1 aliphatic rings. The topological polar surface area (TPSA) is 21.3 Å². The van der Waals surface area contributed by atoms with Crippen molar-refractivity contribution in [3.63, 3.8) is 0 Å². The number of piperidine rings is 1. The molecule has 0 aromatic heterocycles. The molecule has 0 radical (unpaired) electrons. The molecule has 2 heteroatoms. The first kappa shape index (κ1) is 15.1. The van der Waals surface area contributed by atoms with Crippen molar-refractivity contribution in [2.24, 2.45) is 0 Å². The first-order valence-electron chi connectivity index (χ1n) is 8.33. The number of nitrogens with one attached hydrogen (secondary N) is 1. The Labute approximate surface area is 133 Å². The van der Waals surface area contributed by atoms with Gasteiger partial charge >= 0.3 is 0 Å². The minimum Gasteiger partial charge on any atom is -0.489 e. The molecule has 3 rings (SSSR count). The Bertz CT molecular complexity index is 558. The second kappa shape index (κ2) is 7.46. The first-order valence-corrected chi connectivity index (χ1v) is 8.33. The molecule has 2 nitrogen and oxygen atoms in total. The van der Waals surface area contributed by atoms with Crippen LogP contribution in [0.25, 0.3) is 0 Å². The van der Waals surface area contributed by atoms with Gasteiger partial charge in [0.05, 0.1) is 0 Å². The third kappa shape index (κ3) is 3.89. The molecular weight excluding hydrogens is 270 g/mol. The Balaban J connectivity index is 1.57. The molecule has 2 atom stereocenters. The summed E-state index contributed by atoms with van der Waals surface area (Å²) in [7, 11) is 0. The van der Waals surface area contributed by atoms with Gasteiger partial charge in [-0.15, -0.1) is 0 Å². The van der Waals surface area contributed by atoms with Gasteiger partial charge in [0, 0.05) is 6.04 Å². The highest BCUT2D eigenvalue weighted by Crippen LogP contribution is 2.26. The van der Waals surface area contributed by atoms with Crippen molar-refractivity contribution in [3.05, 3.63) is 65.7 Å². The van der Waals surface area contributed by atoms with Gasteiger partial charge in [-0.1, -0.05) is 55.8 Å². The van der Waals surface area contributed by atoms with E-state index in [4.69, 9.17) is 4.74 Å². The third-order valence-electron chi connectivity index (χ3n) is 4.61.